The van der Waals surface area contributed by atoms with Crippen LogP contribution in [0, 0.1) is 0 Å². The molecule has 0 spiro atoms. The maximum atomic E-state index is 13.1. The average Bonchev–Trinajstić information content (AvgIpc) is 3.51. The van der Waals surface area contributed by atoms with Crippen molar-refractivity contribution < 1.29 is 27.5 Å². The minimum absolute atomic E-state index is 0.0592. The highest BCUT2D eigenvalue weighted by Gasteiger charge is 2.31. The second-order valence-corrected chi connectivity index (χ2v) is 8.60. The second kappa shape index (κ2) is 11.2. The first-order chi connectivity index (χ1) is 19.2. The third-order valence-corrected chi connectivity index (χ3v) is 5.62. The van der Waals surface area contributed by atoms with Gasteiger partial charge in [-0.3, -0.25) is 10.1 Å². The van der Waals surface area contributed by atoms with Gasteiger partial charge in [-0.1, -0.05) is 42.5 Å². The number of nitrogens with one attached hydrogen (secondary N) is 4. The molecule has 0 saturated heterocycles. The van der Waals surface area contributed by atoms with Crippen LogP contribution < -0.4 is 20.7 Å². The molecule has 10 nitrogen and oxygen atoms in total. The van der Waals surface area contributed by atoms with E-state index in [2.05, 4.69) is 35.6 Å². The summed E-state index contributed by atoms with van der Waals surface area (Å²) < 4.78 is 42.5. The number of hydrogen-bond donors (Lipinski definition) is 4. The van der Waals surface area contributed by atoms with Crippen LogP contribution in [-0.4, -0.2) is 37.8 Å². The first-order valence-corrected chi connectivity index (χ1v) is 12.0. The third kappa shape index (κ3) is 6.75. The number of amides is 3. The van der Waals surface area contributed by atoms with Gasteiger partial charge in [-0.15, -0.1) is 13.2 Å². The Morgan fingerprint density at radius 2 is 1.62 bits per heavy atom. The molecule has 2 heterocycles. The number of alkyl halides is 3. The molecule has 3 aromatic carbocycles. The monoisotopic (exact) mass is 549 g/mol. The van der Waals surface area contributed by atoms with Crippen molar-refractivity contribution >= 4 is 34.5 Å². The van der Waals surface area contributed by atoms with Crippen LogP contribution in [0.1, 0.15) is 22.0 Å². The van der Waals surface area contributed by atoms with E-state index in [0.717, 1.165) is 28.7 Å². The summed E-state index contributed by atoms with van der Waals surface area (Å²) in [5.74, 6) is -0.176. The minimum Gasteiger partial charge on any atom is -0.406 e. The lowest BCUT2D eigenvalue weighted by molar-refractivity contribution is -0.274. The van der Waals surface area contributed by atoms with E-state index in [1.165, 1.54) is 18.3 Å². The Morgan fingerprint density at radius 1 is 0.900 bits per heavy atom. The van der Waals surface area contributed by atoms with Gasteiger partial charge in [-0.2, -0.15) is 0 Å². The van der Waals surface area contributed by atoms with Gasteiger partial charge in [-0.05, 0) is 42.0 Å². The van der Waals surface area contributed by atoms with E-state index in [0.29, 0.717) is 12.4 Å². The fourth-order valence-electron chi connectivity index (χ4n) is 3.91. The van der Waals surface area contributed by atoms with Crippen molar-refractivity contribution in [3.05, 3.63) is 102 Å². The maximum absolute atomic E-state index is 13.1. The van der Waals surface area contributed by atoms with Gasteiger partial charge in [0.1, 0.15) is 11.6 Å². The number of carbonyl (C=O) groups is 2. The highest BCUT2D eigenvalue weighted by atomic mass is 19.4. The van der Waals surface area contributed by atoms with Crippen molar-refractivity contribution in [2.24, 2.45) is 0 Å². The van der Waals surface area contributed by atoms with E-state index in [4.69, 9.17) is 0 Å². The largest absolute Gasteiger partial charge is 0.573 e. The van der Waals surface area contributed by atoms with Crippen LogP contribution in [0.4, 0.5) is 29.5 Å². The molecular formula is C27H22F3N7O3. The second-order valence-electron chi connectivity index (χ2n) is 8.60. The van der Waals surface area contributed by atoms with Crippen molar-refractivity contribution in [2.45, 2.75) is 19.5 Å². The van der Waals surface area contributed by atoms with Gasteiger partial charge >= 0.3 is 12.4 Å². The van der Waals surface area contributed by atoms with Crippen LogP contribution in [0.5, 0.6) is 5.75 Å². The van der Waals surface area contributed by atoms with Gasteiger partial charge < -0.3 is 24.9 Å². The summed E-state index contributed by atoms with van der Waals surface area (Å²) in [5.41, 5.74) is 2.75. The number of H-pyrrole nitrogens is 1. The molecule has 13 heteroatoms. The van der Waals surface area contributed by atoms with E-state index in [9.17, 15) is 22.8 Å². The molecule has 0 radical (unpaired) electrons. The number of imidazole rings is 2. The molecule has 0 saturated carbocycles. The molecule has 204 valence electrons. The topological polar surface area (TPSA) is 126 Å². The Morgan fingerprint density at radius 3 is 2.35 bits per heavy atom. The van der Waals surface area contributed by atoms with Gasteiger partial charge in [-0.25, -0.2) is 14.8 Å². The number of benzene rings is 3. The van der Waals surface area contributed by atoms with Crippen LogP contribution >= 0.6 is 0 Å². The number of halogens is 3. The first-order valence-electron chi connectivity index (χ1n) is 12.0. The van der Waals surface area contributed by atoms with Crippen LogP contribution in [0.25, 0.3) is 11.0 Å². The number of aromatic amines is 1. The Bertz CT molecular complexity index is 1600. The zero-order valence-electron chi connectivity index (χ0n) is 20.7. The number of hydrogen-bond acceptors (Lipinski definition) is 5. The van der Waals surface area contributed by atoms with Crippen molar-refractivity contribution in [3.63, 3.8) is 0 Å². The van der Waals surface area contributed by atoms with Crippen molar-refractivity contribution in [1.29, 1.82) is 0 Å². The molecular weight excluding hydrogens is 527 g/mol. The summed E-state index contributed by atoms with van der Waals surface area (Å²) in [6.45, 7) is 0.439. The number of anilines is 2. The highest BCUT2D eigenvalue weighted by Crippen LogP contribution is 2.24. The first kappa shape index (κ1) is 26.3. The number of fused-ring (bicyclic) bond motifs is 1. The zero-order valence-corrected chi connectivity index (χ0v) is 20.7. The molecule has 4 N–H and O–H groups in total. The minimum atomic E-state index is -4.82. The van der Waals surface area contributed by atoms with Gasteiger partial charge in [0.25, 0.3) is 5.91 Å². The van der Waals surface area contributed by atoms with Crippen LogP contribution in [0.3, 0.4) is 0 Å². The van der Waals surface area contributed by atoms with Gasteiger partial charge in [0.2, 0.25) is 5.82 Å². The molecule has 0 aliphatic carbocycles. The number of nitrogens with zero attached hydrogens (tertiary/aromatic N) is 3. The molecule has 0 fully saturated rings. The molecule has 0 aliphatic rings. The predicted molar refractivity (Wildman–Crippen MR) is 141 cm³/mol. The SMILES string of the molecule is O=C(Nc1ccc(OC(F)(F)F)cc1)Nc1cn(Cc2ccccc2)c(C(=O)NCc2nc3ccccc3[nH]2)n1. The lowest BCUT2D eigenvalue weighted by atomic mass is 10.2. The Labute approximate surface area is 225 Å². The van der Waals surface area contributed by atoms with E-state index in [1.54, 1.807) is 4.57 Å². The lowest BCUT2D eigenvalue weighted by Gasteiger charge is -2.10. The molecule has 2 aromatic heterocycles. The normalized spacial score (nSPS) is 11.3. The summed E-state index contributed by atoms with van der Waals surface area (Å²) in [7, 11) is 0. The molecule has 0 bridgehead atoms. The summed E-state index contributed by atoms with van der Waals surface area (Å²) in [5, 5.41) is 7.84. The summed E-state index contributed by atoms with van der Waals surface area (Å²) in [6.07, 6.45) is -3.30. The van der Waals surface area contributed by atoms with E-state index >= 15 is 0 Å². The van der Waals surface area contributed by atoms with Crippen LogP contribution in [-0.2, 0) is 13.1 Å². The van der Waals surface area contributed by atoms with E-state index in [1.807, 2.05) is 54.6 Å². The van der Waals surface area contributed by atoms with E-state index < -0.39 is 24.1 Å². The third-order valence-electron chi connectivity index (χ3n) is 5.62. The summed E-state index contributed by atoms with van der Waals surface area (Å²) >= 11 is 0. The number of ether oxygens (including phenoxy) is 1. The van der Waals surface area contributed by atoms with Crippen molar-refractivity contribution in [2.75, 3.05) is 10.6 Å². The van der Waals surface area contributed by atoms with Gasteiger partial charge in [0.15, 0.2) is 5.82 Å². The fraction of sp³-hybridized carbons (Fsp3) is 0.111. The Balaban J connectivity index is 1.28. The summed E-state index contributed by atoms with van der Waals surface area (Å²) in [4.78, 5) is 37.5. The molecule has 3 amide bonds. The maximum Gasteiger partial charge on any atom is 0.573 e. The quantitative estimate of drug-likeness (QED) is 0.210. The van der Waals surface area contributed by atoms with Gasteiger partial charge in [0, 0.05) is 18.4 Å². The number of urea groups is 1. The molecule has 40 heavy (non-hydrogen) atoms. The molecule has 5 aromatic rings. The standard InChI is InChI=1S/C27H22F3N7O3/c28-27(29,30)40-19-12-10-18(11-13-19)32-26(39)36-23-16-37(15-17-6-2-1-3-7-17)24(35-23)25(38)31-14-22-33-20-8-4-5-9-21(20)34-22/h1-13,16H,14-15H2,(H,31,38)(H,33,34)(H2,32,36,39). The Hall–Kier alpha value is -5.33. The van der Waals surface area contributed by atoms with Crippen molar-refractivity contribution in [1.82, 2.24) is 24.8 Å². The van der Waals surface area contributed by atoms with Gasteiger partial charge in [0.05, 0.1) is 17.6 Å². The zero-order chi connectivity index (χ0) is 28.1. The Kier molecular flexibility index (Phi) is 7.35. The number of para-hydroxylation sites is 2. The smallest absolute Gasteiger partial charge is 0.406 e. The molecule has 0 unspecified atom stereocenters. The predicted octanol–water partition coefficient (Wildman–Crippen LogP) is 5.28. The lowest BCUT2D eigenvalue weighted by Crippen LogP contribution is -2.27. The molecule has 5 rings (SSSR count). The number of rotatable bonds is 8. The van der Waals surface area contributed by atoms with E-state index in [-0.39, 0.29) is 23.9 Å². The van der Waals surface area contributed by atoms with Crippen molar-refractivity contribution in [3.8, 4) is 5.75 Å². The highest BCUT2D eigenvalue weighted by molar-refractivity contribution is 6.00. The number of aromatic nitrogens is 4. The van der Waals surface area contributed by atoms with Crippen LogP contribution in [0.15, 0.2) is 85.1 Å². The molecule has 0 atom stereocenters. The number of carbonyl (C=O) groups excluding carboxylic acids is 2. The van der Waals surface area contributed by atoms with Crippen LogP contribution in [0.2, 0.25) is 0 Å². The molecule has 0 aliphatic heterocycles. The summed E-state index contributed by atoms with van der Waals surface area (Å²) in [6, 6.07) is 20.8. The average molecular weight is 550 g/mol. The fourth-order valence-corrected chi connectivity index (χ4v) is 3.91.